The molecule has 0 aliphatic heterocycles. The van der Waals surface area contributed by atoms with Crippen LogP contribution in [0.3, 0.4) is 0 Å². The fourth-order valence-corrected chi connectivity index (χ4v) is 2.66. The van der Waals surface area contributed by atoms with Crippen molar-refractivity contribution in [2.75, 3.05) is 20.6 Å². The molecule has 8 heteroatoms. The van der Waals surface area contributed by atoms with Gasteiger partial charge in [0.15, 0.2) is 6.10 Å². The smallest absolute Gasteiger partial charge is 0.338 e. The SMILES string of the molecule is C=CCNS(=O)(=O)c1ccc(C(=O)O[C@H](C)C(=O)N(C)C)cc1. The van der Waals surface area contributed by atoms with Crippen LogP contribution in [0.4, 0.5) is 0 Å². The van der Waals surface area contributed by atoms with E-state index in [2.05, 4.69) is 11.3 Å². The van der Waals surface area contributed by atoms with Gasteiger partial charge in [0.1, 0.15) is 0 Å². The Hall–Kier alpha value is -2.19. The lowest BCUT2D eigenvalue weighted by atomic mass is 10.2. The van der Waals surface area contributed by atoms with Crippen LogP contribution >= 0.6 is 0 Å². The molecule has 0 bridgehead atoms. The molecule has 1 amide bonds. The topological polar surface area (TPSA) is 92.8 Å². The summed E-state index contributed by atoms with van der Waals surface area (Å²) in [5.74, 6) is -1.04. The van der Waals surface area contributed by atoms with Crippen LogP contribution in [0.25, 0.3) is 0 Å². The van der Waals surface area contributed by atoms with E-state index in [0.717, 1.165) is 0 Å². The Morgan fingerprint density at radius 3 is 2.35 bits per heavy atom. The minimum absolute atomic E-state index is 0.0216. The third-order valence-electron chi connectivity index (χ3n) is 2.89. The van der Waals surface area contributed by atoms with E-state index >= 15 is 0 Å². The second-order valence-electron chi connectivity index (χ2n) is 4.95. The summed E-state index contributed by atoms with van der Waals surface area (Å²) >= 11 is 0. The number of hydrogen-bond donors (Lipinski definition) is 1. The van der Waals surface area contributed by atoms with E-state index in [-0.39, 0.29) is 22.9 Å². The maximum atomic E-state index is 11.9. The Kier molecular flexibility index (Phi) is 6.47. The van der Waals surface area contributed by atoms with Crippen molar-refractivity contribution in [3.05, 3.63) is 42.5 Å². The maximum absolute atomic E-state index is 11.9. The zero-order valence-corrected chi connectivity index (χ0v) is 14.1. The van der Waals surface area contributed by atoms with Crippen LogP contribution in [-0.2, 0) is 19.6 Å². The van der Waals surface area contributed by atoms with Gasteiger partial charge in [-0.15, -0.1) is 6.58 Å². The predicted octanol–water partition coefficient (Wildman–Crippen LogP) is 0.784. The molecule has 0 spiro atoms. The lowest BCUT2D eigenvalue weighted by Gasteiger charge is -2.17. The van der Waals surface area contributed by atoms with Gasteiger partial charge in [0.25, 0.3) is 5.91 Å². The summed E-state index contributed by atoms with van der Waals surface area (Å²) in [6.07, 6.45) is 0.502. The van der Waals surface area contributed by atoms with Crippen molar-refractivity contribution in [3.8, 4) is 0 Å². The third-order valence-corrected chi connectivity index (χ3v) is 4.33. The van der Waals surface area contributed by atoms with Gasteiger partial charge in [-0.1, -0.05) is 6.08 Å². The molecule has 0 aliphatic rings. The first-order valence-corrected chi connectivity index (χ1v) is 8.30. The Morgan fingerprint density at radius 1 is 1.30 bits per heavy atom. The zero-order valence-electron chi connectivity index (χ0n) is 13.3. The third kappa shape index (κ3) is 5.19. The molecule has 0 unspecified atom stereocenters. The molecule has 7 nitrogen and oxygen atoms in total. The number of ether oxygens (including phenoxy) is 1. The number of nitrogens with zero attached hydrogens (tertiary/aromatic N) is 1. The molecule has 0 saturated heterocycles. The zero-order chi connectivity index (χ0) is 17.6. The molecule has 1 N–H and O–H groups in total. The van der Waals surface area contributed by atoms with Gasteiger partial charge in [0.2, 0.25) is 10.0 Å². The second kappa shape index (κ2) is 7.89. The summed E-state index contributed by atoms with van der Waals surface area (Å²) in [7, 11) is -0.531. The number of carbonyl (C=O) groups is 2. The van der Waals surface area contributed by atoms with Gasteiger partial charge in [-0.25, -0.2) is 17.9 Å². The summed E-state index contributed by atoms with van der Waals surface area (Å²) in [6.45, 7) is 5.01. The van der Waals surface area contributed by atoms with Crippen LogP contribution in [0.1, 0.15) is 17.3 Å². The molecule has 1 aromatic rings. The number of likely N-dealkylation sites (N-methyl/N-ethyl adjacent to an activating group) is 1. The molecule has 126 valence electrons. The summed E-state index contributed by atoms with van der Waals surface area (Å²) in [6, 6.07) is 5.25. The minimum Gasteiger partial charge on any atom is -0.449 e. The molecule has 0 saturated carbocycles. The van der Waals surface area contributed by atoms with E-state index in [9.17, 15) is 18.0 Å². The Labute approximate surface area is 136 Å². The Bertz CT molecular complexity index is 680. The quantitative estimate of drug-likeness (QED) is 0.585. The Balaban J connectivity index is 2.82. The van der Waals surface area contributed by atoms with Gasteiger partial charge in [-0.2, -0.15) is 0 Å². The minimum atomic E-state index is -3.65. The van der Waals surface area contributed by atoms with Gasteiger partial charge in [0.05, 0.1) is 10.5 Å². The van der Waals surface area contributed by atoms with E-state index < -0.39 is 22.1 Å². The van der Waals surface area contributed by atoms with Crippen LogP contribution < -0.4 is 4.72 Å². The van der Waals surface area contributed by atoms with Crippen molar-refractivity contribution in [3.63, 3.8) is 0 Å². The molecule has 1 atom stereocenters. The second-order valence-corrected chi connectivity index (χ2v) is 6.71. The highest BCUT2D eigenvalue weighted by Gasteiger charge is 2.21. The molecule has 0 fully saturated rings. The van der Waals surface area contributed by atoms with E-state index in [4.69, 9.17) is 4.74 Å². The number of sulfonamides is 1. The van der Waals surface area contributed by atoms with Crippen LogP contribution in [0, 0.1) is 0 Å². The van der Waals surface area contributed by atoms with Crippen molar-refractivity contribution < 1.29 is 22.7 Å². The first kappa shape index (κ1) is 18.9. The number of benzene rings is 1. The van der Waals surface area contributed by atoms with Crippen molar-refractivity contribution in [1.82, 2.24) is 9.62 Å². The highest BCUT2D eigenvalue weighted by Crippen LogP contribution is 2.12. The molecule has 1 rings (SSSR count). The highest BCUT2D eigenvalue weighted by atomic mass is 32.2. The molecule has 1 aromatic carbocycles. The lowest BCUT2D eigenvalue weighted by Crippen LogP contribution is -2.34. The van der Waals surface area contributed by atoms with Gasteiger partial charge in [-0.05, 0) is 31.2 Å². The number of carbonyl (C=O) groups excluding carboxylic acids is 2. The van der Waals surface area contributed by atoms with E-state index in [1.807, 2.05) is 0 Å². The fraction of sp³-hybridized carbons (Fsp3) is 0.333. The molecule has 0 aliphatic carbocycles. The Morgan fingerprint density at radius 2 is 1.87 bits per heavy atom. The molecule has 0 radical (unpaired) electrons. The maximum Gasteiger partial charge on any atom is 0.338 e. The normalized spacial score (nSPS) is 12.3. The van der Waals surface area contributed by atoms with E-state index in [0.29, 0.717) is 0 Å². The number of amides is 1. The van der Waals surface area contributed by atoms with Crippen LogP contribution in [-0.4, -0.2) is 51.9 Å². The summed E-state index contributed by atoms with van der Waals surface area (Å²) in [5, 5.41) is 0. The van der Waals surface area contributed by atoms with Crippen LogP contribution in [0.2, 0.25) is 0 Å². The van der Waals surface area contributed by atoms with Crippen LogP contribution in [0.5, 0.6) is 0 Å². The van der Waals surface area contributed by atoms with Gasteiger partial charge in [-0.3, -0.25) is 4.79 Å². The summed E-state index contributed by atoms with van der Waals surface area (Å²) < 4.78 is 31.1. The van der Waals surface area contributed by atoms with E-state index in [1.165, 1.54) is 42.2 Å². The molecule has 0 heterocycles. The number of nitrogens with one attached hydrogen (secondary N) is 1. The molecular weight excluding hydrogens is 320 g/mol. The summed E-state index contributed by atoms with van der Waals surface area (Å²) in [4.78, 5) is 24.9. The van der Waals surface area contributed by atoms with Crippen molar-refractivity contribution >= 4 is 21.9 Å². The molecule has 0 aromatic heterocycles. The standard InChI is InChI=1S/C15H20N2O5S/c1-5-10-16-23(20,21)13-8-6-12(7-9-13)15(19)22-11(2)14(18)17(3)4/h5-9,11,16H,1,10H2,2-4H3/t11-/m1/s1. The monoisotopic (exact) mass is 340 g/mol. The first-order chi connectivity index (χ1) is 10.7. The summed E-state index contributed by atoms with van der Waals surface area (Å²) in [5.41, 5.74) is 0.158. The lowest BCUT2D eigenvalue weighted by molar-refractivity contribution is -0.137. The van der Waals surface area contributed by atoms with Crippen molar-refractivity contribution in [2.24, 2.45) is 0 Å². The number of hydrogen-bond acceptors (Lipinski definition) is 5. The first-order valence-electron chi connectivity index (χ1n) is 6.82. The van der Waals surface area contributed by atoms with E-state index in [1.54, 1.807) is 14.1 Å². The highest BCUT2D eigenvalue weighted by molar-refractivity contribution is 7.89. The van der Waals surface area contributed by atoms with Gasteiger partial charge in [0, 0.05) is 20.6 Å². The average Bonchev–Trinajstić information content (AvgIpc) is 2.52. The molecular formula is C15H20N2O5S. The largest absolute Gasteiger partial charge is 0.449 e. The van der Waals surface area contributed by atoms with Gasteiger partial charge >= 0.3 is 5.97 Å². The van der Waals surface area contributed by atoms with Crippen molar-refractivity contribution in [2.45, 2.75) is 17.9 Å². The predicted molar refractivity (Wildman–Crippen MR) is 85.4 cm³/mol. The van der Waals surface area contributed by atoms with Crippen molar-refractivity contribution in [1.29, 1.82) is 0 Å². The fourth-order valence-electron chi connectivity index (χ4n) is 1.66. The average molecular weight is 340 g/mol. The van der Waals surface area contributed by atoms with Gasteiger partial charge < -0.3 is 9.64 Å². The molecule has 23 heavy (non-hydrogen) atoms. The number of esters is 1. The van der Waals surface area contributed by atoms with Crippen LogP contribution in [0.15, 0.2) is 41.8 Å². The number of rotatable bonds is 7.